The van der Waals surface area contributed by atoms with Crippen LogP contribution in [0.15, 0.2) is 46.0 Å². The summed E-state index contributed by atoms with van der Waals surface area (Å²) < 4.78 is 38.0. The summed E-state index contributed by atoms with van der Waals surface area (Å²) in [5.74, 6) is -0.430. The smallest absolute Gasteiger partial charge is 0.354 e. The lowest BCUT2D eigenvalue weighted by Crippen LogP contribution is -2.30. The summed E-state index contributed by atoms with van der Waals surface area (Å²) in [5, 5.41) is 22.3. The Kier molecular flexibility index (Phi) is 5.35. The Balaban J connectivity index is 1.52. The van der Waals surface area contributed by atoms with E-state index < -0.39 is 27.9 Å². The van der Waals surface area contributed by atoms with Crippen LogP contribution in [0, 0.1) is 5.82 Å². The number of carbonyl (C=O) groups is 1. The number of nitrogens with one attached hydrogen (secondary N) is 1. The molecule has 2 aromatic heterocycles. The van der Waals surface area contributed by atoms with Crippen molar-refractivity contribution in [1.29, 1.82) is 0 Å². The van der Waals surface area contributed by atoms with Crippen molar-refractivity contribution in [2.24, 2.45) is 9.50 Å². The molecule has 1 aromatic carbocycles. The summed E-state index contributed by atoms with van der Waals surface area (Å²) in [6.07, 6.45) is 5.47. The minimum absolute atomic E-state index is 0.0164. The van der Waals surface area contributed by atoms with Gasteiger partial charge in [0.2, 0.25) is 5.88 Å². The molecule has 1 aliphatic carbocycles. The average Bonchev–Trinajstić information content (AvgIpc) is 3.41. The molecule has 4 N–H and O–H groups in total. The fourth-order valence-electron chi connectivity index (χ4n) is 4.19. The number of carbonyl (C=O) groups excluding carboxylic acids is 1. The molecule has 3 heterocycles. The molecule has 0 saturated carbocycles. The number of pyridine rings is 1. The molecule has 10 nitrogen and oxygen atoms in total. The minimum atomic E-state index is -3.71. The Morgan fingerprint density at radius 3 is 2.97 bits per heavy atom. The number of fused-ring (bicyclic) bond motifs is 2. The lowest BCUT2D eigenvalue weighted by Gasteiger charge is -2.20. The van der Waals surface area contributed by atoms with E-state index in [1.165, 1.54) is 23.1 Å². The number of rotatable bonds is 3. The molecule has 2 atom stereocenters. The Hall–Kier alpha value is -3.35. The van der Waals surface area contributed by atoms with Crippen LogP contribution in [0.2, 0.25) is 0 Å². The normalized spacial score (nSPS) is 18.6. The number of hydrogen-bond acceptors (Lipinski definition) is 6. The molecular weight excluding hydrogens is 451 g/mol. The van der Waals surface area contributed by atoms with Crippen molar-refractivity contribution in [3.8, 4) is 17.0 Å². The first-order valence-electron chi connectivity index (χ1n) is 10.3. The van der Waals surface area contributed by atoms with Gasteiger partial charge in [0, 0.05) is 17.3 Å². The zero-order chi connectivity index (χ0) is 23.2. The molecule has 5 rings (SSSR count). The maximum atomic E-state index is 14.5. The molecule has 2 amide bonds. The van der Waals surface area contributed by atoms with Gasteiger partial charge in [-0.3, -0.25) is 4.98 Å². The maximum Gasteiger partial charge on any atom is 0.354 e. The number of anilines is 1. The molecule has 0 bridgehead atoms. The SMILES string of the molecule is NS(=O)(=NC(=O)Nc1c(-c2ccncc2F)ccc2c1CCC2)c1cnn2c1OC[C@@H](O)C2. The van der Waals surface area contributed by atoms with Crippen molar-refractivity contribution in [2.45, 2.75) is 36.8 Å². The molecule has 1 aliphatic heterocycles. The second-order valence-electron chi connectivity index (χ2n) is 7.89. The van der Waals surface area contributed by atoms with Gasteiger partial charge in [-0.15, -0.1) is 4.36 Å². The van der Waals surface area contributed by atoms with Crippen LogP contribution in [0.1, 0.15) is 17.5 Å². The first-order chi connectivity index (χ1) is 15.8. The van der Waals surface area contributed by atoms with Gasteiger partial charge in [0.15, 0.2) is 9.92 Å². The number of urea groups is 1. The second kappa shape index (κ2) is 8.21. The van der Waals surface area contributed by atoms with E-state index in [0.29, 0.717) is 17.7 Å². The van der Waals surface area contributed by atoms with E-state index in [2.05, 4.69) is 19.8 Å². The Morgan fingerprint density at radius 1 is 1.30 bits per heavy atom. The van der Waals surface area contributed by atoms with Gasteiger partial charge < -0.3 is 15.2 Å². The van der Waals surface area contributed by atoms with Gasteiger partial charge in [-0.05, 0) is 36.5 Å². The fourth-order valence-corrected chi connectivity index (χ4v) is 5.19. The highest BCUT2D eigenvalue weighted by molar-refractivity contribution is 7.91. The van der Waals surface area contributed by atoms with Crippen LogP contribution in [0.25, 0.3) is 11.1 Å². The predicted molar refractivity (Wildman–Crippen MR) is 117 cm³/mol. The first-order valence-corrected chi connectivity index (χ1v) is 11.9. The van der Waals surface area contributed by atoms with Crippen molar-refractivity contribution < 1.29 is 23.2 Å². The predicted octanol–water partition coefficient (Wildman–Crippen LogP) is 2.26. The number of aromatic nitrogens is 3. The topological polar surface area (TPSA) is 145 Å². The third-order valence-corrected chi connectivity index (χ3v) is 7.01. The fraction of sp³-hybridized carbons (Fsp3) is 0.286. The van der Waals surface area contributed by atoms with Crippen LogP contribution in [0.3, 0.4) is 0 Å². The Morgan fingerprint density at radius 2 is 2.15 bits per heavy atom. The molecule has 12 heteroatoms. The number of ether oxygens (including phenoxy) is 1. The van der Waals surface area contributed by atoms with E-state index >= 15 is 0 Å². The number of amides is 2. The molecule has 0 spiro atoms. The zero-order valence-electron chi connectivity index (χ0n) is 17.4. The van der Waals surface area contributed by atoms with E-state index in [0.717, 1.165) is 30.2 Å². The standard InChI is InChI=1S/C21H21FN6O4S/c22-17-8-24-7-6-15(17)16-5-4-12-2-1-3-14(12)19(16)26-21(30)27-33(23,31)18-9-25-28-10-13(29)11-32-20(18)28/h4-9,13,29H,1-3,10-11H2,(H3,23,26,27,30,31)/t13-,33?/m0/s1. The number of hydrogen-bond donors (Lipinski definition) is 3. The van der Waals surface area contributed by atoms with Crippen molar-refractivity contribution >= 4 is 21.6 Å². The summed E-state index contributed by atoms with van der Waals surface area (Å²) in [6.45, 7) is 0.130. The monoisotopic (exact) mass is 472 g/mol. The molecule has 1 unspecified atom stereocenters. The number of nitrogens with two attached hydrogens (primary N) is 1. The quantitative estimate of drug-likeness (QED) is 0.533. The van der Waals surface area contributed by atoms with Crippen molar-refractivity contribution in [3.63, 3.8) is 0 Å². The second-order valence-corrected chi connectivity index (χ2v) is 9.65. The summed E-state index contributed by atoms with van der Waals surface area (Å²) in [4.78, 5) is 16.6. The zero-order valence-corrected chi connectivity index (χ0v) is 18.2. The number of aliphatic hydroxyl groups excluding tert-OH is 1. The van der Waals surface area contributed by atoms with E-state index in [4.69, 9.17) is 9.88 Å². The van der Waals surface area contributed by atoms with E-state index in [-0.39, 0.29) is 29.5 Å². The van der Waals surface area contributed by atoms with Gasteiger partial charge in [0.1, 0.15) is 23.4 Å². The van der Waals surface area contributed by atoms with Gasteiger partial charge in [0.05, 0.1) is 24.6 Å². The Bertz CT molecular complexity index is 1380. The molecular formula is C21H21FN6O4S. The molecule has 0 fully saturated rings. The highest BCUT2D eigenvalue weighted by Crippen LogP contribution is 2.38. The number of aliphatic hydroxyl groups is 1. The largest absolute Gasteiger partial charge is 0.474 e. The molecule has 2 aliphatic rings. The first kappa shape index (κ1) is 21.5. The summed E-state index contributed by atoms with van der Waals surface area (Å²) in [6, 6.07) is 4.25. The summed E-state index contributed by atoms with van der Waals surface area (Å²) >= 11 is 0. The van der Waals surface area contributed by atoms with Crippen LogP contribution < -0.4 is 15.2 Å². The highest BCUT2D eigenvalue weighted by Gasteiger charge is 2.27. The molecule has 172 valence electrons. The van der Waals surface area contributed by atoms with Crippen LogP contribution in [0.4, 0.5) is 14.9 Å². The van der Waals surface area contributed by atoms with Crippen LogP contribution in [-0.4, -0.2) is 42.8 Å². The lowest BCUT2D eigenvalue weighted by molar-refractivity contribution is 0.0538. The van der Waals surface area contributed by atoms with E-state index in [9.17, 15) is 18.5 Å². The van der Waals surface area contributed by atoms with Gasteiger partial charge in [0.25, 0.3) is 0 Å². The van der Waals surface area contributed by atoms with Crippen LogP contribution in [-0.2, 0) is 29.3 Å². The third kappa shape index (κ3) is 3.96. The van der Waals surface area contributed by atoms with E-state index in [1.807, 2.05) is 6.07 Å². The van der Waals surface area contributed by atoms with Gasteiger partial charge >= 0.3 is 6.03 Å². The van der Waals surface area contributed by atoms with Crippen LogP contribution in [0.5, 0.6) is 5.88 Å². The summed E-state index contributed by atoms with van der Waals surface area (Å²) in [5.41, 5.74) is 3.10. The van der Waals surface area contributed by atoms with E-state index in [1.54, 1.807) is 6.07 Å². The Labute approximate surface area is 188 Å². The maximum absolute atomic E-state index is 14.5. The minimum Gasteiger partial charge on any atom is -0.474 e. The number of aryl methyl sites for hydroxylation is 1. The molecule has 0 radical (unpaired) electrons. The van der Waals surface area contributed by atoms with Crippen LogP contribution >= 0.6 is 0 Å². The number of halogens is 1. The number of benzene rings is 1. The van der Waals surface area contributed by atoms with Gasteiger partial charge in [-0.25, -0.2) is 23.2 Å². The average molecular weight is 473 g/mol. The highest BCUT2D eigenvalue weighted by atomic mass is 32.2. The van der Waals surface area contributed by atoms with Crippen molar-refractivity contribution in [3.05, 3.63) is 53.7 Å². The third-order valence-electron chi connectivity index (χ3n) is 5.67. The van der Waals surface area contributed by atoms with Crippen molar-refractivity contribution in [2.75, 3.05) is 11.9 Å². The van der Waals surface area contributed by atoms with Gasteiger partial charge in [-0.1, -0.05) is 12.1 Å². The number of nitrogens with zero attached hydrogens (tertiary/aromatic N) is 4. The van der Waals surface area contributed by atoms with Gasteiger partial charge in [-0.2, -0.15) is 5.10 Å². The molecule has 33 heavy (non-hydrogen) atoms. The molecule has 3 aromatic rings. The van der Waals surface area contributed by atoms with Crippen molar-refractivity contribution in [1.82, 2.24) is 14.8 Å². The summed E-state index contributed by atoms with van der Waals surface area (Å²) in [7, 11) is -3.71. The lowest BCUT2D eigenvalue weighted by atomic mass is 9.97. The molecule has 0 saturated heterocycles.